The Labute approximate surface area is 121 Å². The van der Waals surface area contributed by atoms with Gasteiger partial charge in [0, 0.05) is 25.0 Å². The molecule has 0 aliphatic rings. The first kappa shape index (κ1) is 14.5. The SMILES string of the molecule is Cn1ccnc1C=NCc1ccccc1O[Si](C)(C)C. The maximum absolute atomic E-state index is 6.09. The summed E-state index contributed by atoms with van der Waals surface area (Å²) in [4.78, 5) is 8.68. The number of nitrogens with zero attached hydrogens (tertiary/aromatic N) is 3. The second-order valence-corrected chi connectivity index (χ2v) is 10.1. The Morgan fingerprint density at radius 1 is 1.30 bits per heavy atom. The first-order valence-corrected chi connectivity index (χ1v) is 10.1. The van der Waals surface area contributed by atoms with Crippen molar-refractivity contribution in [2.75, 3.05) is 0 Å². The van der Waals surface area contributed by atoms with E-state index in [-0.39, 0.29) is 0 Å². The molecule has 2 rings (SSSR count). The second-order valence-electron chi connectivity index (χ2n) is 5.69. The summed E-state index contributed by atoms with van der Waals surface area (Å²) in [5.41, 5.74) is 1.11. The van der Waals surface area contributed by atoms with E-state index in [0.29, 0.717) is 6.54 Å². The predicted molar refractivity (Wildman–Crippen MR) is 84.9 cm³/mol. The van der Waals surface area contributed by atoms with Crippen LogP contribution < -0.4 is 4.43 Å². The van der Waals surface area contributed by atoms with Gasteiger partial charge in [-0.3, -0.25) is 4.99 Å². The van der Waals surface area contributed by atoms with Gasteiger partial charge in [0.1, 0.15) is 11.6 Å². The lowest BCUT2D eigenvalue weighted by Gasteiger charge is -2.21. The van der Waals surface area contributed by atoms with E-state index in [9.17, 15) is 0 Å². The summed E-state index contributed by atoms with van der Waals surface area (Å²) in [5.74, 6) is 1.80. The van der Waals surface area contributed by atoms with E-state index < -0.39 is 8.32 Å². The fourth-order valence-corrected chi connectivity index (χ4v) is 2.65. The smallest absolute Gasteiger partial charge is 0.242 e. The van der Waals surface area contributed by atoms with Crippen LogP contribution in [0.3, 0.4) is 0 Å². The van der Waals surface area contributed by atoms with Gasteiger partial charge in [-0.15, -0.1) is 0 Å². The molecule has 106 valence electrons. The minimum atomic E-state index is -1.60. The van der Waals surface area contributed by atoms with Gasteiger partial charge >= 0.3 is 0 Å². The highest BCUT2D eigenvalue weighted by Gasteiger charge is 2.17. The van der Waals surface area contributed by atoms with Gasteiger partial charge in [0.2, 0.25) is 8.32 Å². The number of hydrogen-bond donors (Lipinski definition) is 0. The first-order chi connectivity index (χ1) is 9.46. The normalized spacial score (nSPS) is 12.0. The molecule has 20 heavy (non-hydrogen) atoms. The van der Waals surface area contributed by atoms with Crippen molar-refractivity contribution in [2.45, 2.75) is 26.2 Å². The van der Waals surface area contributed by atoms with Crippen LogP contribution in [0.1, 0.15) is 11.4 Å². The molecule has 0 N–H and O–H groups in total. The Balaban J connectivity index is 2.10. The molecule has 0 aliphatic carbocycles. The molecule has 1 aromatic carbocycles. The molecule has 0 saturated carbocycles. The molecule has 4 nitrogen and oxygen atoms in total. The lowest BCUT2D eigenvalue weighted by Crippen LogP contribution is -2.29. The van der Waals surface area contributed by atoms with E-state index >= 15 is 0 Å². The monoisotopic (exact) mass is 287 g/mol. The quantitative estimate of drug-likeness (QED) is 0.625. The zero-order chi connectivity index (χ0) is 14.6. The summed E-state index contributed by atoms with van der Waals surface area (Å²) in [6.07, 6.45) is 5.47. The molecule has 0 radical (unpaired) electrons. The number of benzene rings is 1. The van der Waals surface area contributed by atoms with Crippen molar-refractivity contribution in [3.63, 3.8) is 0 Å². The minimum absolute atomic E-state index is 0.605. The Hall–Kier alpha value is -1.88. The first-order valence-electron chi connectivity index (χ1n) is 6.70. The van der Waals surface area contributed by atoms with Crippen LogP contribution >= 0.6 is 0 Å². The zero-order valence-electron chi connectivity index (χ0n) is 12.5. The summed E-state index contributed by atoms with van der Waals surface area (Å²) in [6.45, 7) is 7.15. The van der Waals surface area contributed by atoms with Gasteiger partial charge in [-0.2, -0.15) is 0 Å². The standard InChI is InChI=1S/C15H21N3OSi/c1-18-10-9-17-15(18)12-16-11-13-7-5-6-8-14(13)19-20(2,3)4/h5-10,12H,11H2,1-4H3. The van der Waals surface area contributed by atoms with E-state index in [1.54, 1.807) is 12.4 Å². The van der Waals surface area contributed by atoms with Gasteiger partial charge in [0.15, 0.2) is 0 Å². The maximum Gasteiger partial charge on any atom is 0.242 e. The highest BCUT2D eigenvalue weighted by atomic mass is 28.4. The Morgan fingerprint density at radius 2 is 2.05 bits per heavy atom. The lowest BCUT2D eigenvalue weighted by molar-refractivity contribution is 0.549. The minimum Gasteiger partial charge on any atom is -0.544 e. The number of imidazole rings is 1. The fourth-order valence-electron chi connectivity index (χ4n) is 1.79. The van der Waals surface area contributed by atoms with Crippen LogP contribution in [0.5, 0.6) is 5.75 Å². The molecule has 0 spiro atoms. The number of rotatable bonds is 5. The zero-order valence-corrected chi connectivity index (χ0v) is 13.5. The molecule has 5 heteroatoms. The molecule has 0 fully saturated rings. The van der Waals surface area contributed by atoms with E-state index in [2.05, 4.69) is 35.7 Å². The second kappa shape index (κ2) is 6.05. The van der Waals surface area contributed by atoms with Gasteiger partial charge in [-0.25, -0.2) is 4.98 Å². The van der Waals surface area contributed by atoms with Crippen LogP contribution in [0.2, 0.25) is 19.6 Å². The van der Waals surface area contributed by atoms with E-state index in [1.165, 1.54) is 0 Å². The van der Waals surface area contributed by atoms with E-state index in [0.717, 1.165) is 17.1 Å². The maximum atomic E-state index is 6.09. The summed E-state index contributed by atoms with van der Waals surface area (Å²) in [7, 11) is 0.356. The van der Waals surface area contributed by atoms with Crippen molar-refractivity contribution in [2.24, 2.45) is 12.0 Å². The van der Waals surface area contributed by atoms with Crippen molar-refractivity contribution in [3.8, 4) is 5.75 Å². The summed E-state index contributed by atoms with van der Waals surface area (Å²) in [5, 5.41) is 0. The molecule has 0 bridgehead atoms. The van der Waals surface area contributed by atoms with E-state index in [1.807, 2.05) is 36.0 Å². The summed E-state index contributed by atoms with van der Waals surface area (Å²) in [6, 6.07) is 8.10. The van der Waals surface area contributed by atoms with Crippen molar-refractivity contribution in [1.82, 2.24) is 9.55 Å². The molecular weight excluding hydrogens is 266 g/mol. The van der Waals surface area contributed by atoms with Crippen molar-refractivity contribution in [3.05, 3.63) is 48.0 Å². The van der Waals surface area contributed by atoms with Gasteiger partial charge in [-0.1, -0.05) is 18.2 Å². The molecular formula is C15H21N3OSi. The number of aromatic nitrogens is 2. The molecule has 2 aromatic rings. The van der Waals surface area contributed by atoms with Crippen LogP contribution in [-0.4, -0.2) is 24.1 Å². The molecule has 0 atom stereocenters. The number of aryl methyl sites for hydroxylation is 1. The van der Waals surface area contributed by atoms with Crippen LogP contribution in [0.15, 0.2) is 41.7 Å². The third kappa shape index (κ3) is 4.06. The highest BCUT2D eigenvalue weighted by molar-refractivity contribution is 6.70. The lowest BCUT2D eigenvalue weighted by atomic mass is 10.2. The topological polar surface area (TPSA) is 39.4 Å². The molecule has 1 aromatic heterocycles. The van der Waals surface area contributed by atoms with Gasteiger partial charge in [-0.05, 0) is 25.7 Å². The fraction of sp³-hybridized carbons (Fsp3) is 0.333. The number of para-hydroxylation sites is 1. The third-order valence-electron chi connectivity index (χ3n) is 2.72. The Morgan fingerprint density at radius 3 is 2.70 bits per heavy atom. The Bertz CT molecular complexity index is 599. The third-order valence-corrected chi connectivity index (χ3v) is 3.55. The average Bonchev–Trinajstić information content (AvgIpc) is 2.75. The molecule has 0 amide bonds. The van der Waals surface area contributed by atoms with Crippen LogP contribution in [0, 0.1) is 0 Å². The van der Waals surface area contributed by atoms with Gasteiger partial charge < -0.3 is 8.99 Å². The van der Waals surface area contributed by atoms with Gasteiger partial charge in [0.05, 0.1) is 12.8 Å². The van der Waals surface area contributed by atoms with Crippen molar-refractivity contribution < 1.29 is 4.43 Å². The molecule has 1 heterocycles. The predicted octanol–water partition coefficient (Wildman–Crippen LogP) is 3.25. The van der Waals surface area contributed by atoms with Crippen LogP contribution in [0.4, 0.5) is 0 Å². The van der Waals surface area contributed by atoms with Gasteiger partial charge in [0.25, 0.3) is 0 Å². The highest BCUT2D eigenvalue weighted by Crippen LogP contribution is 2.22. The number of hydrogen-bond acceptors (Lipinski definition) is 3. The number of aliphatic imine (C=N–C) groups is 1. The van der Waals surface area contributed by atoms with E-state index in [4.69, 9.17) is 4.43 Å². The average molecular weight is 287 g/mol. The summed E-state index contributed by atoms with van der Waals surface area (Å²) < 4.78 is 8.03. The molecule has 0 unspecified atom stereocenters. The molecule has 0 aliphatic heterocycles. The summed E-state index contributed by atoms with van der Waals surface area (Å²) >= 11 is 0. The largest absolute Gasteiger partial charge is 0.544 e. The van der Waals surface area contributed by atoms with Crippen molar-refractivity contribution >= 4 is 14.5 Å². The Kier molecular flexibility index (Phi) is 4.39. The van der Waals surface area contributed by atoms with Crippen LogP contribution in [-0.2, 0) is 13.6 Å². The van der Waals surface area contributed by atoms with Crippen molar-refractivity contribution in [1.29, 1.82) is 0 Å². The molecule has 0 saturated heterocycles. The van der Waals surface area contributed by atoms with Crippen LogP contribution in [0.25, 0.3) is 0 Å².